The molecule has 0 spiro atoms. The molecule has 1 saturated heterocycles. The van der Waals surface area contributed by atoms with E-state index in [9.17, 15) is 0 Å². The van der Waals surface area contributed by atoms with E-state index in [2.05, 4.69) is 75.5 Å². The van der Waals surface area contributed by atoms with Crippen molar-refractivity contribution in [3.05, 3.63) is 43.1 Å². The van der Waals surface area contributed by atoms with Gasteiger partial charge in [-0.15, -0.1) is 0 Å². The van der Waals surface area contributed by atoms with Crippen molar-refractivity contribution in [1.29, 1.82) is 0 Å². The Bertz CT molecular complexity index is 369. The Morgan fingerprint density at radius 3 is 2.69 bits per heavy atom. The minimum absolute atomic E-state index is 0.351. The highest BCUT2D eigenvalue weighted by atomic mass is 127. The summed E-state index contributed by atoms with van der Waals surface area (Å²) < 4.78 is 7.16. The van der Waals surface area contributed by atoms with Crippen LogP contribution in [0.25, 0.3) is 0 Å². The van der Waals surface area contributed by atoms with Crippen LogP contribution in [0.15, 0.2) is 37.5 Å². The van der Waals surface area contributed by atoms with E-state index >= 15 is 0 Å². The molecule has 86 valence electrons. The highest BCUT2D eigenvalue weighted by Crippen LogP contribution is 2.32. The van der Waals surface area contributed by atoms with Gasteiger partial charge in [-0.25, -0.2) is 0 Å². The first kappa shape index (κ1) is 12.8. The van der Waals surface area contributed by atoms with Crippen LogP contribution in [0, 0.1) is 0 Å². The molecule has 0 aromatic heterocycles. The van der Waals surface area contributed by atoms with Crippen molar-refractivity contribution < 1.29 is 4.74 Å². The van der Waals surface area contributed by atoms with Crippen LogP contribution in [0.4, 0.5) is 0 Å². The molecule has 0 saturated carbocycles. The summed E-state index contributed by atoms with van der Waals surface area (Å²) in [4.78, 5) is 0. The Hall–Kier alpha value is 0.380. The van der Waals surface area contributed by atoms with Gasteiger partial charge in [-0.2, -0.15) is 0 Å². The highest BCUT2D eigenvalue weighted by Gasteiger charge is 2.23. The Morgan fingerprint density at radius 2 is 2.00 bits per heavy atom. The molecule has 1 atom stereocenters. The summed E-state index contributed by atoms with van der Waals surface area (Å²) in [6.07, 6.45) is 3.68. The van der Waals surface area contributed by atoms with E-state index in [0.717, 1.165) is 25.9 Å². The number of rotatable bonds is 3. The summed E-state index contributed by atoms with van der Waals surface area (Å²) in [5.74, 6) is 0. The Kier molecular flexibility index (Phi) is 5.09. The lowest BCUT2D eigenvalue weighted by molar-refractivity contribution is 0.118. The molecule has 0 N–H and O–H groups in total. The van der Waals surface area contributed by atoms with Gasteiger partial charge in [0.05, 0.1) is 14.3 Å². The second kappa shape index (κ2) is 6.35. The number of benzene rings is 1. The molecule has 1 unspecified atom stereocenters. The van der Waals surface area contributed by atoms with Gasteiger partial charge in [0.25, 0.3) is 0 Å². The normalized spacial score (nSPS) is 20.1. The van der Waals surface area contributed by atoms with Crippen molar-refractivity contribution in [2.45, 2.75) is 25.4 Å². The third-order valence-electron chi connectivity index (χ3n) is 2.86. The predicted octanol–water partition coefficient (Wildman–Crippen LogP) is 4.49. The van der Waals surface area contributed by atoms with Crippen molar-refractivity contribution in [3.8, 4) is 0 Å². The third kappa shape index (κ3) is 3.43. The lowest BCUT2D eigenvalue weighted by Gasteiger charge is -2.12. The van der Waals surface area contributed by atoms with E-state index in [-0.39, 0.29) is 0 Å². The Labute approximate surface area is 124 Å². The zero-order valence-electron chi connectivity index (χ0n) is 8.96. The quantitative estimate of drug-likeness (QED) is 0.630. The third-order valence-corrected chi connectivity index (χ3v) is 4.25. The largest absolute Gasteiger partial charge is 0.373 e. The van der Waals surface area contributed by atoms with Crippen LogP contribution in [0.5, 0.6) is 0 Å². The summed E-state index contributed by atoms with van der Waals surface area (Å²) in [5.41, 5.74) is 2.90. The molecule has 1 fully saturated rings. The van der Waals surface area contributed by atoms with Crippen molar-refractivity contribution in [1.82, 2.24) is 0 Å². The smallest absolute Gasteiger partial charge is 0.0806 e. The molecule has 2 rings (SSSR count). The Morgan fingerprint density at radius 1 is 1.25 bits per heavy atom. The van der Waals surface area contributed by atoms with Gasteiger partial charge < -0.3 is 4.74 Å². The van der Waals surface area contributed by atoms with E-state index in [1.807, 2.05) is 0 Å². The van der Waals surface area contributed by atoms with Gasteiger partial charge in [0.15, 0.2) is 0 Å². The molecule has 0 amide bonds. The van der Waals surface area contributed by atoms with Gasteiger partial charge in [0, 0.05) is 0 Å². The second-order valence-electron chi connectivity index (χ2n) is 3.92. The van der Waals surface area contributed by atoms with Crippen LogP contribution >= 0.6 is 45.2 Å². The molecular formula is C13H14I2O. The van der Waals surface area contributed by atoms with Crippen molar-refractivity contribution in [2.75, 3.05) is 6.61 Å². The standard InChI is InChI=1S/C13H14I2O/c14-13(15)11-8-9-16-12(11)7-6-10-4-2-1-3-5-10/h1-5,12H,6-9H2. The summed E-state index contributed by atoms with van der Waals surface area (Å²) in [5, 5.41) is 0. The van der Waals surface area contributed by atoms with Gasteiger partial charge in [-0.3, -0.25) is 0 Å². The van der Waals surface area contributed by atoms with E-state index in [0.29, 0.717) is 6.10 Å². The molecule has 1 aliphatic rings. The molecule has 1 heterocycles. The maximum Gasteiger partial charge on any atom is 0.0806 e. The first-order valence-electron chi connectivity index (χ1n) is 5.47. The summed E-state index contributed by atoms with van der Waals surface area (Å²) in [7, 11) is 0. The van der Waals surface area contributed by atoms with Crippen LogP contribution in [-0.4, -0.2) is 12.7 Å². The maximum absolute atomic E-state index is 5.78. The molecule has 1 aliphatic heterocycles. The van der Waals surface area contributed by atoms with Crippen molar-refractivity contribution in [3.63, 3.8) is 0 Å². The SMILES string of the molecule is IC(I)=C1CCOC1CCc1ccccc1. The van der Waals surface area contributed by atoms with Gasteiger partial charge in [0.2, 0.25) is 0 Å². The zero-order chi connectivity index (χ0) is 11.4. The van der Waals surface area contributed by atoms with Gasteiger partial charge in [-0.05, 0) is 75.6 Å². The van der Waals surface area contributed by atoms with Crippen LogP contribution in [0.3, 0.4) is 0 Å². The number of halogens is 2. The van der Waals surface area contributed by atoms with Crippen molar-refractivity contribution >= 4 is 45.2 Å². The average Bonchev–Trinajstić information content (AvgIpc) is 2.76. The summed E-state index contributed by atoms with van der Waals surface area (Å²) >= 11 is 4.80. The maximum atomic E-state index is 5.78. The van der Waals surface area contributed by atoms with Gasteiger partial charge >= 0.3 is 0 Å². The predicted molar refractivity (Wildman–Crippen MR) is 84.2 cm³/mol. The van der Waals surface area contributed by atoms with E-state index in [1.54, 1.807) is 0 Å². The molecule has 1 aromatic carbocycles. The average molecular weight is 440 g/mol. The topological polar surface area (TPSA) is 9.23 Å². The minimum atomic E-state index is 0.351. The van der Waals surface area contributed by atoms with Crippen LogP contribution in [-0.2, 0) is 11.2 Å². The molecule has 3 heteroatoms. The van der Waals surface area contributed by atoms with E-state index < -0.39 is 0 Å². The lowest BCUT2D eigenvalue weighted by atomic mass is 10.0. The van der Waals surface area contributed by atoms with E-state index in [4.69, 9.17) is 4.74 Å². The molecule has 1 nitrogen and oxygen atoms in total. The fraction of sp³-hybridized carbons (Fsp3) is 0.385. The first-order valence-corrected chi connectivity index (χ1v) is 7.62. The number of ether oxygens (including phenoxy) is 1. The zero-order valence-corrected chi connectivity index (χ0v) is 13.3. The highest BCUT2D eigenvalue weighted by molar-refractivity contribution is 14.2. The molecule has 0 aliphatic carbocycles. The first-order chi connectivity index (χ1) is 7.77. The van der Waals surface area contributed by atoms with Gasteiger partial charge in [0.1, 0.15) is 0 Å². The molecule has 0 bridgehead atoms. The monoisotopic (exact) mass is 440 g/mol. The molecular weight excluding hydrogens is 426 g/mol. The van der Waals surface area contributed by atoms with Crippen molar-refractivity contribution in [2.24, 2.45) is 0 Å². The molecule has 1 aromatic rings. The fourth-order valence-electron chi connectivity index (χ4n) is 1.99. The minimum Gasteiger partial charge on any atom is -0.373 e. The number of hydrogen-bond acceptors (Lipinski definition) is 1. The summed E-state index contributed by atoms with van der Waals surface area (Å²) in [6.45, 7) is 0.893. The molecule has 16 heavy (non-hydrogen) atoms. The van der Waals surface area contributed by atoms with Crippen LogP contribution in [0.1, 0.15) is 18.4 Å². The number of hydrogen-bond donors (Lipinski definition) is 0. The van der Waals surface area contributed by atoms with E-state index in [1.165, 1.54) is 12.7 Å². The Balaban J connectivity index is 1.94. The number of aryl methyl sites for hydroxylation is 1. The summed E-state index contributed by atoms with van der Waals surface area (Å²) in [6, 6.07) is 10.6. The fourth-order valence-corrected chi connectivity index (χ4v) is 3.22. The van der Waals surface area contributed by atoms with Crippen LogP contribution < -0.4 is 0 Å². The molecule has 0 radical (unpaired) electrons. The van der Waals surface area contributed by atoms with Gasteiger partial charge in [-0.1, -0.05) is 30.3 Å². The van der Waals surface area contributed by atoms with Crippen LogP contribution in [0.2, 0.25) is 0 Å². The second-order valence-corrected chi connectivity index (χ2v) is 8.14. The lowest BCUT2D eigenvalue weighted by Crippen LogP contribution is -2.09.